The topological polar surface area (TPSA) is 34.1 Å². The van der Waals surface area contributed by atoms with Crippen molar-refractivity contribution in [1.29, 1.82) is 0 Å². The van der Waals surface area contributed by atoms with E-state index in [0.717, 1.165) is 24.5 Å². The zero-order valence-electron chi connectivity index (χ0n) is 8.20. The predicted molar refractivity (Wildman–Crippen MR) is 60.0 cm³/mol. The van der Waals surface area contributed by atoms with E-state index in [1.54, 1.807) is 18.4 Å². The molecule has 0 spiro atoms. The summed E-state index contributed by atoms with van der Waals surface area (Å²) in [6.45, 7) is 2.34. The molecular weight excluding hydrogens is 220 g/mol. The van der Waals surface area contributed by atoms with Gasteiger partial charge in [-0.2, -0.15) is 0 Å². The highest BCUT2D eigenvalue weighted by Crippen LogP contribution is 2.04. The molecule has 0 aliphatic heterocycles. The normalized spacial score (nSPS) is 13.0. The van der Waals surface area contributed by atoms with Gasteiger partial charge in [-0.15, -0.1) is 22.9 Å². The maximum atomic E-state index is 5.96. The van der Waals surface area contributed by atoms with Crippen molar-refractivity contribution in [3.05, 3.63) is 16.6 Å². The molecule has 1 aromatic heterocycles. The minimum atomic E-state index is 0.101. The molecule has 0 amide bonds. The smallest absolute Gasteiger partial charge is 0.106 e. The van der Waals surface area contributed by atoms with Crippen LogP contribution in [-0.4, -0.2) is 30.6 Å². The Morgan fingerprint density at radius 3 is 3.21 bits per heavy atom. The number of aromatic nitrogens is 1. The lowest BCUT2D eigenvalue weighted by molar-refractivity contribution is 0.195. The second-order valence-electron chi connectivity index (χ2n) is 2.94. The monoisotopic (exact) mass is 234 g/mol. The van der Waals surface area contributed by atoms with Crippen LogP contribution in [0, 0.1) is 0 Å². The Kier molecular flexibility index (Phi) is 6.10. The third-order valence-corrected chi connectivity index (χ3v) is 2.87. The van der Waals surface area contributed by atoms with Crippen LogP contribution >= 0.6 is 22.9 Å². The first-order valence-electron chi connectivity index (χ1n) is 4.55. The number of rotatable bonds is 7. The van der Waals surface area contributed by atoms with E-state index < -0.39 is 0 Å². The van der Waals surface area contributed by atoms with E-state index in [1.165, 1.54) is 0 Å². The molecule has 0 bridgehead atoms. The summed E-state index contributed by atoms with van der Waals surface area (Å²) in [6.07, 6.45) is 2.73. The molecule has 0 aromatic carbocycles. The van der Waals surface area contributed by atoms with Crippen molar-refractivity contribution in [3.8, 4) is 0 Å². The van der Waals surface area contributed by atoms with Gasteiger partial charge in [0, 0.05) is 25.2 Å². The van der Waals surface area contributed by atoms with Crippen LogP contribution in [0.4, 0.5) is 0 Å². The summed E-state index contributed by atoms with van der Waals surface area (Å²) in [7, 11) is 1.67. The highest BCUT2D eigenvalue weighted by atomic mass is 35.5. The molecule has 1 atom stereocenters. The first-order chi connectivity index (χ1) is 6.83. The van der Waals surface area contributed by atoms with Crippen LogP contribution in [0.3, 0.4) is 0 Å². The van der Waals surface area contributed by atoms with E-state index in [-0.39, 0.29) is 5.38 Å². The lowest BCUT2D eigenvalue weighted by atomic mass is 10.3. The summed E-state index contributed by atoms with van der Waals surface area (Å²) in [6, 6.07) is 0. The molecule has 80 valence electrons. The molecule has 1 unspecified atom stereocenters. The molecule has 0 aliphatic rings. The minimum Gasteiger partial charge on any atom is -0.383 e. The molecule has 0 aliphatic carbocycles. The number of ether oxygens (including phenoxy) is 1. The van der Waals surface area contributed by atoms with E-state index in [9.17, 15) is 0 Å². The van der Waals surface area contributed by atoms with Gasteiger partial charge in [0.2, 0.25) is 0 Å². The third kappa shape index (κ3) is 4.91. The van der Waals surface area contributed by atoms with Gasteiger partial charge in [-0.3, -0.25) is 0 Å². The lowest BCUT2D eigenvalue weighted by Gasteiger charge is -2.07. The highest BCUT2D eigenvalue weighted by molar-refractivity contribution is 7.09. The maximum absolute atomic E-state index is 5.96. The average molecular weight is 235 g/mol. The number of alkyl halides is 1. The van der Waals surface area contributed by atoms with Gasteiger partial charge in [-0.1, -0.05) is 0 Å². The Morgan fingerprint density at radius 1 is 1.71 bits per heavy atom. The molecule has 1 N–H and O–H groups in total. The number of hydrogen-bond acceptors (Lipinski definition) is 4. The zero-order chi connectivity index (χ0) is 10.2. The number of halogens is 1. The molecule has 0 saturated heterocycles. The molecule has 5 heteroatoms. The van der Waals surface area contributed by atoms with Crippen molar-refractivity contribution in [2.24, 2.45) is 0 Å². The Hall–Kier alpha value is -0.160. The molecule has 1 rings (SSSR count). The van der Waals surface area contributed by atoms with E-state index in [1.807, 2.05) is 11.6 Å². The van der Waals surface area contributed by atoms with Crippen molar-refractivity contribution in [2.75, 3.05) is 20.3 Å². The Balaban J connectivity index is 1.99. The molecule has 1 aromatic rings. The summed E-state index contributed by atoms with van der Waals surface area (Å²) in [5.74, 6) is 0. The van der Waals surface area contributed by atoms with Gasteiger partial charge in [0.05, 0.1) is 12.0 Å². The summed E-state index contributed by atoms with van der Waals surface area (Å²) < 4.78 is 4.94. The van der Waals surface area contributed by atoms with Crippen molar-refractivity contribution in [2.45, 2.75) is 18.3 Å². The van der Waals surface area contributed by atoms with Crippen LogP contribution in [0.15, 0.2) is 11.6 Å². The molecular formula is C9H15ClN2OS. The van der Waals surface area contributed by atoms with Crippen LogP contribution in [0.5, 0.6) is 0 Å². The van der Waals surface area contributed by atoms with Crippen LogP contribution in [0.2, 0.25) is 0 Å². The lowest BCUT2D eigenvalue weighted by Crippen LogP contribution is -2.19. The summed E-state index contributed by atoms with van der Waals surface area (Å²) >= 11 is 7.62. The number of methoxy groups -OCH3 is 1. The van der Waals surface area contributed by atoms with Crippen LogP contribution in [0.25, 0.3) is 0 Å². The fourth-order valence-electron chi connectivity index (χ4n) is 1.06. The van der Waals surface area contributed by atoms with Crippen LogP contribution in [0.1, 0.15) is 11.4 Å². The van der Waals surface area contributed by atoms with Crippen LogP contribution in [-0.2, 0) is 11.3 Å². The van der Waals surface area contributed by atoms with Gasteiger partial charge in [0.15, 0.2) is 0 Å². The number of nitrogens with zero attached hydrogens (tertiary/aromatic N) is 1. The number of thiazole rings is 1. The maximum Gasteiger partial charge on any atom is 0.106 e. The molecule has 3 nitrogen and oxygen atoms in total. The van der Waals surface area contributed by atoms with Gasteiger partial charge in [-0.05, 0) is 13.0 Å². The largest absolute Gasteiger partial charge is 0.383 e. The molecule has 0 fully saturated rings. The van der Waals surface area contributed by atoms with Gasteiger partial charge >= 0.3 is 0 Å². The van der Waals surface area contributed by atoms with Crippen molar-refractivity contribution >= 4 is 22.9 Å². The third-order valence-electron chi connectivity index (χ3n) is 1.74. The predicted octanol–water partition coefficient (Wildman–Crippen LogP) is 1.88. The minimum absolute atomic E-state index is 0.101. The fraction of sp³-hybridized carbons (Fsp3) is 0.667. The fourth-order valence-corrected chi connectivity index (χ4v) is 1.88. The summed E-state index contributed by atoms with van der Waals surface area (Å²) in [5, 5.41) is 6.48. The van der Waals surface area contributed by atoms with E-state index in [0.29, 0.717) is 6.61 Å². The quantitative estimate of drug-likeness (QED) is 0.578. The Labute approximate surface area is 93.4 Å². The molecule has 0 radical (unpaired) electrons. The Morgan fingerprint density at radius 2 is 2.57 bits per heavy atom. The van der Waals surface area contributed by atoms with Gasteiger partial charge in [0.1, 0.15) is 5.01 Å². The second kappa shape index (κ2) is 7.17. The van der Waals surface area contributed by atoms with Gasteiger partial charge < -0.3 is 10.1 Å². The van der Waals surface area contributed by atoms with Crippen molar-refractivity contribution < 1.29 is 4.74 Å². The van der Waals surface area contributed by atoms with E-state index in [2.05, 4.69) is 10.3 Å². The average Bonchev–Trinajstić information content (AvgIpc) is 2.65. The molecule has 14 heavy (non-hydrogen) atoms. The second-order valence-corrected chi connectivity index (χ2v) is 4.54. The summed E-state index contributed by atoms with van der Waals surface area (Å²) in [5.41, 5.74) is 0. The summed E-state index contributed by atoms with van der Waals surface area (Å²) in [4.78, 5) is 4.17. The zero-order valence-corrected chi connectivity index (χ0v) is 9.77. The number of hydrogen-bond donors (Lipinski definition) is 1. The van der Waals surface area contributed by atoms with Crippen LogP contribution < -0.4 is 5.32 Å². The van der Waals surface area contributed by atoms with Crippen molar-refractivity contribution in [1.82, 2.24) is 10.3 Å². The SMILES string of the molecule is COCC(Cl)CCNCc1nccs1. The highest BCUT2D eigenvalue weighted by Gasteiger charge is 2.02. The van der Waals surface area contributed by atoms with E-state index in [4.69, 9.17) is 16.3 Å². The first-order valence-corrected chi connectivity index (χ1v) is 5.86. The molecule has 0 saturated carbocycles. The van der Waals surface area contributed by atoms with E-state index >= 15 is 0 Å². The molecule has 1 heterocycles. The number of nitrogens with one attached hydrogen (secondary N) is 1. The Bertz CT molecular complexity index is 231. The van der Waals surface area contributed by atoms with Gasteiger partial charge in [-0.25, -0.2) is 4.98 Å². The first kappa shape index (κ1) is 11.9. The van der Waals surface area contributed by atoms with Gasteiger partial charge in [0.25, 0.3) is 0 Å². The standard InChI is InChI=1S/C9H15ClN2OS/c1-13-7-8(10)2-3-11-6-9-12-4-5-14-9/h4-5,8,11H,2-3,6-7H2,1H3. The van der Waals surface area contributed by atoms with Crippen molar-refractivity contribution in [3.63, 3.8) is 0 Å².